The van der Waals surface area contributed by atoms with Gasteiger partial charge in [0, 0.05) is 5.92 Å². The third-order valence-electron chi connectivity index (χ3n) is 5.36. The Bertz CT molecular complexity index is 1020. The quantitative estimate of drug-likeness (QED) is 0.696. The standard InChI is InChI=1S/C22H23NO4S/c1-4-16-8-10-17(11-9-16)19-20(22(19,14-23)21(24)27-5-2)28(25,26)18-12-6-15(3)7-13-18/h6-13,19-20H,4-5H2,1-3H3/t19-,20+,22-/m1/s1. The van der Waals surface area contributed by atoms with Gasteiger partial charge in [0.05, 0.1) is 17.6 Å². The van der Waals surface area contributed by atoms with Crippen molar-refractivity contribution in [3.05, 3.63) is 65.2 Å². The van der Waals surface area contributed by atoms with Crippen molar-refractivity contribution in [2.24, 2.45) is 5.41 Å². The zero-order chi connectivity index (χ0) is 20.5. The molecule has 1 aliphatic carbocycles. The molecule has 0 aliphatic heterocycles. The average Bonchev–Trinajstić information content (AvgIpc) is 3.40. The van der Waals surface area contributed by atoms with Gasteiger partial charge in [-0.3, -0.25) is 4.79 Å². The number of carbonyl (C=O) groups is 1. The average molecular weight is 397 g/mol. The first-order valence-corrected chi connectivity index (χ1v) is 10.8. The largest absolute Gasteiger partial charge is 0.465 e. The third-order valence-corrected chi connectivity index (χ3v) is 7.60. The van der Waals surface area contributed by atoms with E-state index >= 15 is 0 Å². The number of sulfone groups is 1. The summed E-state index contributed by atoms with van der Waals surface area (Å²) < 4.78 is 31.8. The zero-order valence-electron chi connectivity index (χ0n) is 16.2. The van der Waals surface area contributed by atoms with Crippen LogP contribution in [0.5, 0.6) is 0 Å². The SMILES string of the molecule is CCOC(=O)[C@]1(C#N)[C@H](c2ccc(CC)cc2)[C@@H]1S(=O)(=O)c1ccc(C)cc1. The summed E-state index contributed by atoms with van der Waals surface area (Å²) in [5.74, 6) is -1.53. The summed E-state index contributed by atoms with van der Waals surface area (Å²) in [6, 6.07) is 15.9. The Kier molecular flexibility index (Phi) is 5.31. The van der Waals surface area contributed by atoms with Crippen LogP contribution in [0.15, 0.2) is 53.4 Å². The molecule has 0 radical (unpaired) electrons. The van der Waals surface area contributed by atoms with Crippen molar-refractivity contribution in [3.8, 4) is 6.07 Å². The molecule has 0 unspecified atom stereocenters. The molecule has 0 amide bonds. The molecule has 0 spiro atoms. The first-order chi connectivity index (χ1) is 13.3. The number of nitriles is 1. The van der Waals surface area contributed by atoms with Gasteiger partial charge in [-0.1, -0.05) is 48.9 Å². The van der Waals surface area contributed by atoms with E-state index in [1.54, 1.807) is 31.2 Å². The van der Waals surface area contributed by atoms with Crippen molar-refractivity contribution in [1.82, 2.24) is 0 Å². The van der Waals surface area contributed by atoms with E-state index < -0.39 is 32.4 Å². The minimum atomic E-state index is -3.90. The summed E-state index contributed by atoms with van der Waals surface area (Å²) in [5.41, 5.74) is 0.958. The lowest BCUT2D eigenvalue weighted by molar-refractivity contribution is -0.147. The summed E-state index contributed by atoms with van der Waals surface area (Å²) in [6.07, 6.45) is 0.845. The van der Waals surface area contributed by atoms with Gasteiger partial charge >= 0.3 is 5.97 Å². The van der Waals surface area contributed by atoms with Crippen LogP contribution in [0.4, 0.5) is 0 Å². The highest BCUT2D eigenvalue weighted by molar-refractivity contribution is 7.92. The molecule has 0 N–H and O–H groups in total. The molecule has 2 aromatic rings. The Balaban J connectivity index is 2.11. The van der Waals surface area contributed by atoms with Gasteiger partial charge in [-0.05, 0) is 43.5 Å². The van der Waals surface area contributed by atoms with Crippen LogP contribution in [0.3, 0.4) is 0 Å². The molecule has 28 heavy (non-hydrogen) atoms. The lowest BCUT2D eigenvalue weighted by Crippen LogP contribution is -2.25. The number of carbonyl (C=O) groups excluding carboxylic acids is 1. The number of esters is 1. The van der Waals surface area contributed by atoms with Gasteiger partial charge in [0.1, 0.15) is 5.25 Å². The Morgan fingerprint density at radius 1 is 1.11 bits per heavy atom. The Labute approximate surface area is 165 Å². The normalized spacial score (nSPS) is 23.6. The van der Waals surface area contributed by atoms with Crippen molar-refractivity contribution in [2.75, 3.05) is 6.61 Å². The number of aryl methyl sites for hydroxylation is 2. The first-order valence-electron chi connectivity index (χ1n) is 9.30. The number of nitrogens with zero attached hydrogens (tertiary/aromatic N) is 1. The van der Waals surface area contributed by atoms with E-state index in [4.69, 9.17) is 4.74 Å². The lowest BCUT2D eigenvalue weighted by atomic mass is 9.99. The molecule has 1 aliphatic rings. The molecule has 1 fully saturated rings. The molecule has 0 saturated heterocycles. The van der Waals surface area contributed by atoms with Gasteiger partial charge in [-0.15, -0.1) is 0 Å². The van der Waals surface area contributed by atoms with E-state index in [-0.39, 0.29) is 11.5 Å². The molecule has 2 aromatic carbocycles. The van der Waals surface area contributed by atoms with Crippen LogP contribution in [0, 0.1) is 23.7 Å². The van der Waals surface area contributed by atoms with Crippen molar-refractivity contribution in [2.45, 2.75) is 43.3 Å². The lowest BCUT2D eigenvalue weighted by Gasteiger charge is -2.09. The summed E-state index contributed by atoms with van der Waals surface area (Å²) in [5, 5.41) is 8.73. The molecule has 0 heterocycles. The van der Waals surface area contributed by atoms with Crippen molar-refractivity contribution in [1.29, 1.82) is 5.26 Å². The van der Waals surface area contributed by atoms with Gasteiger partial charge < -0.3 is 4.74 Å². The molecule has 3 rings (SSSR count). The maximum Gasteiger partial charge on any atom is 0.328 e. The Morgan fingerprint density at radius 3 is 2.21 bits per heavy atom. The third kappa shape index (κ3) is 3.10. The van der Waals surface area contributed by atoms with Crippen LogP contribution in [-0.2, 0) is 25.8 Å². The maximum atomic E-state index is 13.3. The molecule has 3 atom stereocenters. The molecule has 6 heteroatoms. The van der Waals surface area contributed by atoms with E-state index in [1.807, 2.05) is 32.0 Å². The predicted molar refractivity (Wildman–Crippen MR) is 105 cm³/mol. The van der Waals surface area contributed by atoms with Crippen LogP contribution in [0.25, 0.3) is 0 Å². The van der Waals surface area contributed by atoms with Crippen LogP contribution in [-0.4, -0.2) is 26.2 Å². The first kappa shape index (κ1) is 20.1. The summed E-state index contributed by atoms with van der Waals surface area (Å²) in [4.78, 5) is 12.8. The van der Waals surface area contributed by atoms with Crippen LogP contribution in [0.2, 0.25) is 0 Å². The smallest absolute Gasteiger partial charge is 0.328 e. The number of hydrogen-bond acceptors (Lipinski definition) is 5. The summed E-state index contributed by atoms with van der Waals surface area (Å²) in [7, 11) is -3.90. The monoisotopic (exact) mass is 397 g/mol. The number of ether oxygens (including phenoxy) is 1. The van der Waals surface area contributed by atoms with Gasteiger partial charge in [0.25, 0.3) is 0 Å². The van der Waals surface area contributed by atoms with Crippen LogP contribution >= 0.6 is 0 Å². The van der Waals surface area contributed by atoms with Crippen molar-refractivity contribution >= 4 is 15.8 Å². The van der Waals surface area contributed by atoms with Crippen molar-refractivity contribution < 1.29 is 17.9 Å². The zero-order valence-corrected chi connectivity index (χ0v) is 17.0. The second-order valence-electron chi connectivity index (χ2n) is 7.05. The van der Waals surface area contributed by atoms with E-state index in [1.165, 1.54) is 12.1 Å². The van der Waals surface area contributed by atoms with E-state index in [0.29, 0.717) is 5.56 Å². The summed E-state index contributed by atoms with van der Waals surface area (Å²) >= 11 is 0. The van der Waals surface area contributed by atoms with E-state index in [9.17, 15) is 18.5 Å². The molecule has 0 bridgehead atoms. The number of benzene rings is 2. The maximum absolute atomic E-state index is 13.3. The minimum Gasteiger partial charge on any atom is -0.465 e. The van der Waals surface area contributed by atoms with Crippen LogP contribution < -0.4 is 0 Å². The molecule has 0 aromatic heterocycles. The van der Waals surface area contributed by atoms with E-state index in [2.05, 4.69) is 0 Å². The van der Waals surface area contributed by atoms with Crippen molar-refractivity contribution in [3.63, 3.8) is 0 Å². The van der Waals surface area contributed by atoms with Gasteiger partial charge in [0.15, 0.2) is 15.3 Å². The molecule has 1 saturated carbocycles. The van der Waals surface area contributed by atoms with Gasteiger partial charge in [-0.25, -0.2) is 8.42 Å². The van der Waals surface area contributed by atoms with Gasteiger partial charge in [-0.2, -0.15) is 5.26 Å². The molecule has 146 valence electrons. The molecular formula is C22H23NO4S. The highest BCUT2D eigenvalue weighted by atomic mass is 32.2. The number of hydrogen-bond donors (Lipinski definition) is 0. The Hall–Kier alpha value is -2.65. The predicted octanol–water partition coefficient (Wildman–Crippen LogP) is 3.57. The highest BCUT2D eigenvalue weighted by Crippen LogP contribution is 2.64. The fraction of sp³-hybridized carbons (Fsp3) is 0.364. The Morgan fingerprint density at radius 2 is 1.71 bits per heavy atom. The van der Waals surface area contributed by atoms with E-state index in [0.717, 1.165) is 17.5 Å². The fourth-order valence-electron chi connectivity index (χ4n) is 3.73. The summed E-state index contributed by atoms with van der Waals surface area (Å²) in [6.45, 7) is 5.61. The molecule has 5 nitrogen and oxygen atoms in total. The second-order valence-corrected chi connectivity index (χ2v) is 9.12. The second kappa shape index (κ2) is 7.40. The number of rotatable bonds is 6. The minimum absolute atomic E-state index is 0.0844. The highest BCUT2D eigenvalue weighted by Gasteiger charge is 2.77. The molecular weight excluding hydrogens is 374 g/mol. The fourth-order valence-corrected chi connectivity index (χ4v) is 5.97. The van der Waals surface area contributed by atoms with Crippen LogP contribution in [0.1, 0.15) is 36.5 Å². The van der Waals surface area contributed by atoms with Gasteiger partial charge in [0.2, 0.25) is 0 Å². The topological polar surface area (TPSA) is 84.2 Å².